The van der Waals surface area contributed by atoms with Crippen molar-refractivity contribution < 1.29 is 36.6 Å². The number of nitrogens with one attached hydrogen (secondary N) is 1. The number of hydrogen-bond acceptors (Lipinski definition) is 5. The number of hydrogen-bond donors (Lipinski definition) is 1. The molecule has 2 aliphatic rings. The van der Waals surface area contributed by atoms with Gasteiger partial charge in [0.25, 0.3) is 0 Å². The predicted octanol–water partition coefficient (Wildman–Crippen LogP) is 6.11. The minimum Gasteiger partial charge on any atom is -0.489 e. The zero-order valence-corrected chi connectivity index (χ0v) is 24.2. The fraction of sp³-hybridized carbons (Fsp3) is 0.516. The highest BCUT2D eigenvalue weighted by Gasteiger charge is 2.45. The summed E-state index contributed by atoms with van der Waals surface area (Å²) >= 11 is 0. The third-order valence-corrected chi connectivity index (χ3v) is 7.54. The Kier molecular flexibility index (Phi) is 8.71. The van der Waals surface area contributed by atoms with Crippen molar-refractivity contribution in [2.75, 3.05) is 52.7 Å². The number of nitrogens with zero attached hydrogens (tertiary/aromatic N) is 2. The molecule has 2 aromatic carbocycles. The molecule has 3 aromatic rings. The average Bonchev–Trinajstić information content (AvgIpc) is 3.29. The summed E-state index contributed by atoms with van der Waals surface area (Å²) in [7, 11) is 0. The molecular weight excluding hydrogens is 554 g/mol. The molecule has 1 N–H and O–H groups in total. The number of halogens is 4. The quantitative estimate of drug-likeness (QED) is 0.289. The molecule has 0 bridgehead atoms. The van der Waals surface area contributed by atoms with Crippen LogP contribution in [0.5, 0.6) is 5.75 Å². The normalized spacial score (nSPS) is 18.4. The lowest BCUT2D eigenvalue weighted by molar-refractivity contribution is -0.144. The summed E-state index contributed by atoms with van der Waals surface area (Å²) in [5.41, 5.74) is -0.210. The van der Waals surface area contributed by atoms with E-state index >= 15 is 13.2 Å². The fourth-order valence-corrected chi connectivity index (χ4v) is 5.62. The largest absolute Gasteiger partial charge is 0.489 e. The van der Waals surface area contributed by atoms with Crippen LogP contribution in [0.4, 0.5) is 22.4 Å². The van der Waals surface area contributed by atoms with E-state index in [0.717, 1.165) is 22.5 Å². The van der Waals surface area contributed by atoms with Gasteiger partial charge in [-0.3, -0.25) is 9.29 Å². The summed E-state index contributed by atoms with van der Waals surface area (Å²) in [6.45, 7) is 4.74. The van der Waals surface area contributed by atoms with Crippen molar-refractivity contribution in [2.45, 2.75) is 50.9 Å². The maximum Gasteiger partial charge on any atom is 0.410 e. The Morgan fingerprint density at radius 1 is 1.17 bits per heavy atom. The van der Waals surface area contributed by atoms with Gasteiger partial charge >= 0.3 is 6.09 Å². The van der Waals surface area contributed by atoms with Crippen molar-refractivity contribution in [3.63, 3.8) is 0 Å². The Balaban J connectivity index is 1.43. The molecule has 1 amide bonds. The number of H-pyrrole nitrogens is 1. The molecule has 2 aliphatic heterocycles. The van der Waals surface area contributed by atoms with Gasteiger partial charge in [0.05, 0.1) is 38.0 Å². The third kappa shape index (κ3) is 6.36. The van der Waals surface area contributed by atoms with Gasteiger partial charge in [-0.25, -0.2) is 18.0 Å². The van der Waals surface area contributed by atoms with Crippen LogP contribution < -0.4 is 4.74 Å². The summed E-state index contributed by atoms with van der Waals surface area (Å²) in [6, 6.07) is 9.04. The molecule has 228 valence electrons. The van der Waals surface area contributed by atoms with Crippen LogP contribution >= 0.6 is 0 Å². The molecule has 11 heteroatoms. The summed E-state index contributed by atoms with van der Waals surface area (Å²) < 4.78 is 76.1. The maximum absolute atomic E-state index is 16.2. The molecular formula is C31H37F4N3O4. The minimum atomic E-state index is -1.60. The number of carbonyl (C=O) groups is 1. The zero-order chi connectivity index (χ0) is 30.1. The number of fused-ring (bicyclic) bond motifs is 3. The van der Waals surface area contributed by atoms with Crippen LogP contribution in [0.15, 0.2) is 36.4 Å². The van der Waals surface area contributed by atoms with Gasteiger partial charge in [-0.05, 0) is 57.4 Å². The summed E-state index contributed by atoms with van der Waals surface area (Å²) in [4.78, 5) is 19.0. The summed E-state index contributed by atoms with van der Waals surface area (Å²) in [5, 5.41) is 0.961. The molecule has 1 atom stereocenters. The fourth-order valence-electron chi connectivity index (χ4n) is 5.62. The zero-order valence-electron chi connectivity index (χ0n) is 24.2. The van der Waals surface area contributed by atoms with Crippen LogP contribution in [0.2, 0.25) is 0 Å². The van der Waals surface area contributed by atoms with Gasteiger partial charge in [0.1, 0.15) is 18.0 Å². The SMILES string of the molecule is CC(C)(C)OC(=O)N(CCCF)CCOc1ccc(F)c(C2c3[nH]c4ccccc4c3CCN2CC2(F)COC2)c1F. The highest BCUT2D eigenvalue weighted by Crippen LogP contribution is 2.43. The lowest BCUT2D eigenvalue weighted by atomic mass is 9.90. The van der Waals surface area contributed by atoms with Crippen LogP contribution in [0.25, 0.3) is 10.9 Å². The van der Waals surface area contributed by atoms with Gasteiger partial charge in [0.15, 0.2) is 17.2 Å². The molecule has 0 saturated carbocycles. The number of ether oxygens (including phenoxy) is 3. The van der Waals surface area contributed by atoms with E-state index in [1.807, 2.05) is 24.3 Å². The first-order valence-electron chi connectivity index (χ1n) is 14.2. The van der Waals surface area contributed by atoms with Crippen molar-refractivity contribution in [1.29, 1.82) is 0 Å². The highest BCUT2D eigenvalue weighted by atomic mass is 19.1. The van der Waals surface area contributed by atoms with E-state index in [1.54, 1.807) is 25.7 Å². The van der Waals surface area contributed by atoms with E-state index in [4.69, 9.17) is 14.2 Å². The Labute approximate surface area is 242 Å². The number of alkyl halides is 2. The van der Waals surface area contributed by atoms with Crippen LogP contribution in [-0.2, 0) is 15.9 Å². The molecule has 0 radical (unpaired) electrons. The standard InChI is InChI=1S/C31H37F4N3O4/c1-30(2,3)42-29(39)37(13-6-12-32)15-16-41-24-10-9-22(33)25(26(24)34)28-27-21(20-7-4-5-8-23(20)36-27)11-14-38(28)17-31(35)18-40-19-31/h4-5,7-10,28,36H,6,11-19H2,1-3H3. The Bertz CT molecular complexity index is 1420. The van der Waals surface area contributed by atoms with Crippen molar-refractivity contribution in [2.24, 2.45) is 0 Å². The minimum absolute atomic E-state index is 0.00710. The van der Waals surface area contributed by atoms with Gasteiger partial charge in [-0.1, -0.05) is 18.2 Å². The molecule has 7 nitrogen and oxygen atoms in total. The number of carbonyl (C=O) groups excluding carboxylic acids is 1. The van der Waals surface area contributed by atoms with E-state index in [0.29, 0.717) is 18.7 Å². The van der Waals surface area contributed by atoms with Crippen molar-refractivity contribution in [1.82, 2.24) is 14.8 Å². The topological polar surface area (TPSA) is 67.0 Å². The first-order valence-corrected chi connectivity index (χ1v) is 14.2. The number of aromatic amines is 1. The molecule has 5 rings (SSSR count). The molecule has 3 heterocycles. The monoisotopic (exact) mass is 591 g/mol. The van der Waals surface area contributed by atoms with Crippen LogP contribution in [-0.4, -0.2) is 84.8 Å². The molecule has 0 spiro atoms. The van der Waals surface area contributed by atoms with Crippen LogP contribution in [0.1, 0.15) is 50.1 Å². The number of benzene rings is 2. The van der Waals surface area contributed by atoms with Crippen LogP contribution in [0, 0.1) is 11.6 Å². The lowest BCUT2D eigenvalue weighted by Crippen LogP contribution is -2.55. The molecule has 1 fully saturated rings. The van der Waals surface area contributed by atoms with Crippen LogP contribution in [0.3, 0.4) is 0 Å². The number of amides is 1. The third-order valence-electron chi connectivity index (χ3n) is 7.54. The van der Waals surface area contributed by atoms with E-state index in [1.165, 1.54) is 11.0 Å². The second kappa shape index (κ2) is 12.1. The second-order valence-electron chi connectivity index (χ2n) is 12.0. The molecule has 1 aromatic heterocycles. The van der Waals surface area contributed by atoms with Gasteiger partial charge in [-0.2, -0.15) is 0 Å². The molecule has 1 saturated heterocycles. The Hall–Kier alpha value is -3.31. The average molecular weight is 592 g/mol. The van der Waals surface area contributed by atoms with E-state index < -0.39 is 41.7 Å². The Morgan fingerprint density at radius 3 is 2.62 bits per heavy atom. The number of rotatable bonds is 10. The van der Waals surface area contributed by atoms with Gasteiger partial charge in [-0.15, -0.1) is 0 Å². The highest BCUT2D eigenvalue weighted by molar-refractivity contribution is 5.85. The predicted molar refractivity (Wildman–Crippen MR) is 150 cm³/mol. The summed E-state index contributed by atoms with van der Waals surface area (Å²) in [5.74, 6) is -1.88. The van der Waals surface area contributed by atoms with Crippen molar-refractivity contribution in [3.05, 3.63) is 64.9 Å². The van der Waals surface area contributed by atoms with Crippen molar-refractivity contribution >= 4 is 17.0 Å². The van der Waals surface area contributed by atoms with Gasteiger partial charge in [0.2, 0.25) is 0 Å². The lowest BCUT2D eigenvalue weighted by Gasteiger charge is -2.43. The van der Waals surface area contributed by atoms with E-state index in [-0.39, 0.29) is 57.2 Å². The van der Waals surface area contributed by atoms with Gasteiger partial charge < -0.3 is 24.1 Å². The summed E-state index contributed by atoms with van der Waals surface area (Å²) in [6.07, 6.45) is 0.0647. The second-order valence-corrected chi connectivity index (χ2v) is 12.0. The molecule has 0 aliphatic carbocycles. The van der Waals surface area contributed by atoms with E-state index in [2.05, 4.69) is 4.98 Å². The smallest absolute Gasteiger partial charge is 0.410 e. The maximum atomic E-state index is 16.2. The number of para-hydroxylation sites is 1. The molecule has 42 heavy (non-hydrogen) atoms. The first-order chi connectivity index (χ1) is 20.0. The van der Waals surface area contributed by atoms with Crippen molar-refractivity contribution in [3.8, 4) is 5.75 Å². The first kappa shape index (κ1) is 30.2. The number of aromatic nitrogens is 1. The molecule has 1 unspecified atom stereocenters. The van der Waals surface area contributed by atoms with E-state index in [9.17, 15) is 9.18 Å². The Morgan fingerprint density at radius 2 is 1.93 bits per heavy atom. The van der Waals surface area contributed by atoms with Gasteiger partial charge in [0, 0.05) is 36.2 Å².